The van der Waals surface area contributed by atoms with Crippen molar-refractivity contribution in [2.24, 2.45) is 0 Å². The number of carbonyl (C=O) groups excluding carboxylic acids is 3. The van der Waals surface area contributed by atoms with Gasteiger partial charge in [-0.15, -0.1) is 0 Å². The lowest BCUT2D eigenvalue weighted by Gasteiger charge is -2.27. The third-order valence-electron chi connectivity index (χ3n) is 7.00. The van der Waals surface area contributed by atoms with Gasteiger partial charge in [0, 0.05) is 27.0 Å². The lowest BCUT2D eigenvalue weighted by atomic mass is 10.1. The van der Waals surface area contributed by atoms with Gasteiger partial charge in [0.05, 0.1) is 44.7 Å². The third kappa shape index (κ3) is 8.78. The van der Waals surface area contributed by atoms with Crippen molar-refractivity contribution in [2.75, 3.05) is 46.7 Å². The fourth-order valence-corrected chi connectivity index (χ4v) is 4.90. The van der Waals surface area contributed by atoms with Crippen LogP contribution in [0.25, 0.3) is 0 Å². The molecule has 2 unspecified atom stereocenters. The molecule has 2 aliphatic rings. The van der Waals surface area contributed by atoms with Crippen molar-refractivity contribution in [1.29, 1.82) is 0 Å². The first kappa shape index (κ1) is 32.9. The molecule has 0 bridgehead atoms. The monoisotopic (exact) mass is 628 g/mol. The van der Waals surface area contributed by atoms with Crippen LogP contribution in [-0.4, -0.2) is 102 Å². The number of nitrogens with one attached hydrogen (secondary N) is 1. The van der Waals surface area contributed by atoms with Crippen LogP contribution in [0.5, 0.6) is 0 Å². The Hall–Kier alpha value is -3.98. The summed E-state index contributed by atoms with van der Waals surface area (Å²) in [5.41, 5.74) is 4.66. The van der Waals surface area contributed by atoms with Gasteiger partial charge in [-0.3, -0.25) is 19.4 Å². The lowest BCUT2D eigenvalue weighted by molar-refractivity contribution is -0.140. The number of nitrogens with zero attached hydrogens (tertiary/aromatic N) is 5. The van der Waals surface area contributed by atoms with Crippen LogP contribution in [0.1, 0.15) is 21.6 Å². The van der Waals surface area contributed by atoms with Crippen LogP contribution in [0.15, 0.2) is 66.0 Å². The molecule has 2 aromatic carbocycles. The van der Waals surface area contributed by atoms with Crippen molar-refractivity contribution >= 4 is 29.5 Å². The predicted molar refractivity (Wildman–Crippen MR) is 158 cm³/mol. The van der Waals surface area contributed by atoms with Crippen molar-refractivity contribution in [3.63, 3.8) is 0 Å². The summed E-state index contributed by atoms with van der Waals surface area (Å²) in [7, 11) is 3.16. The first-order valence-corrected chi connectivity index (χ1v) is 15.0. The van der Waals surface area contributed by atoms with E-state index >= 15 is 0 Å². The molecular weight excluding hydrogens is 594 g/mol. The largest absolute Gasteiger partial charge is 0.378 e. The normalized spacial score (nSPS) is 17.8. The molecule has 234 valence electrons. The fraction of sp³-hybridized carbons (Fsp3) is 0.367. The molecule has 14 heteroatoms. The molecule has 2 fully saturated rings. The Labute approximate surface area is 258 Å². The molecule has 2 atom stereocenters. The minimum Gasteiger partial charge on any atom is -0.378 e. The van der Waals surface area contributed by atoms with E-state index in [0.29, 0.717) is 23.8 Å². The average Bonchev–Trinajstić information content (AvgIpc) is 3.71. The first-order valence-electron chi connectivity index (χ1n) is 13.8. The Morgan fingerprint density at radius 2 is 1.41 bits per heavy atom. The molecule has 5 rings (SSSR count). The smallest absolute Gasteiger partial charge is 0.291 e. The van der Waals surface area contributed by atoms with Crippen molar-refractivity contribution in [2.45, 2.75) is 30.2 Å². The maximum Gasteiger partial charge on any atom is 0.291 e. The van der Waals surface area contributed by atoms with E-state index in [0.717, 1.165) is 5.56 Å². The molecule has 0 spiro atoms. The summed E-state index contributed by atoms with van der Waals surface area (Å²) in [6.45, 7) is 1.72. The van der Waals surface area contributed by atoms with Crippen LogP contribution >= 0.6 is 11.8 Å². The number of benzene rings is 2. The second-order valence-electron chi connectivity index (χ2n) is 9.98. The number of carbonyl (C=O) groups is 3. The maximum atomic E-state index is 13.1. The van der Waals surface area contributed by atoms with E-state index in [-0.39, 0.29) is 73.2 Å². The van der Waals surface area contributed by atoms with Crippen LogP contribution in [0.3, 0.4) is 0 Å². The topological polar surface area (TPSA) is 117 Å². The minimum atomic E-state index is -0.389. The minimum absolute atomic E-state index is 0.0313. The van der Waals surface area contributed by atoms with Crippen molar-refractivity contribution in [1.82, 2.24) is 30.4 Å². The van der Waals surface area contributed by atoms with Gasteiger partial charge in [0.2, 0.25) is 11.8 Å². The molecule has 1 aromatic heterocycles. The Kier molecular flexibility index (Phi) is 11.7. The van der Waals surface area contributed by atoms with Gasteiger partial charge in [0.25, 0.3) is 5.91 Å². The molecule has 0 saturated carbocycles. The number of hydrogen-bond donors (Lipinski definition) is 1. The number of amides is 3. The Morgan fingerprint density at radius 3 is 1.95 bits per heavy atom. The summed E-state index contributed by atoms with van der Waals surface area (Å²) in [5, 5.41) is 4.76. The van der Waals surface area contributed by atoms with Crippen molar-refractivity contribution in [3.05, 3.63) is 89.2 Å². The van der Waals surface area contributed by atoms with Crippen molar-refractivity contribution < 1.29 is 32.6 Å². The van der Waals surface area contributed by atoms with Crippen molar-refractivity contribution in [3.8, 4) is 0 Å². The van der Waals surface area contributed by atoms with Gasteiger partial charge in [-0.05, 0) is 47.7 Å². The van der Waals surface area contributed by atoms with Gasteiger partial charge in [0.1, 0.15) is 17.3 Å². The zero-order chi connectivity index (χ0) is 31.6. The van der Waals surface area contributed by atoms with E-state index in [1.807, 2.05) is 6.26 Å². The van der Waals surface area contributed by atoms with Crippen LogP contribution in [-0.2, 0) is 31.9 Å². The molecule has 1 N–H and O–H groups in total. The van der Waals surface area contributed by atoms with Gasteiger partial charge in [-0.1, -0.05) is 36.0 Å². The molecule has 3 heterocycles. The lowest BCUT2D eigenvalue weighted by Crippen LogP contribution is -2.45. The van der Waals surface area contributed by atoms with Gasteiger partial charge >= 0.3 is 0 Å². The second-order valence-corrected chi connectivity index (χ2v) is 10.8. The van der Waals surface area contributed by atoms with Gasteiger partial charge in [0.15, 0.2) is 5.16 Å². The van der Waals surface area contributed by atoms with E-state index in [9.17, 15) is 23.2 Å². The highest BCUT2D eigenvalue weighted by Gasteiger charge is 2.37. The average molecular weight is 629 g/mol. The Bertz CT molecular complexity index is 1430. The molecule has 2 saturated heterocycles. The van der Waals surface area contributed by atoms with E-state index in [1.54, 1.807) is 36.4 Å². The predicted octanol–water partition coefficient (Wildman–Crippen LogP) is 2.52. The summed E-state index contributed by atoms with van der Waals surface area (Å²) < 4.78 is 36.3. The highest BCUT2D eigenvalue weighted by molar-refractivity contribution is 7.98. The standard InChI is InChI=1S/C18H19FN4O3S.C12H15FN2O2/c1-26-14-10-22(16(24)9-12-3-5-13(19)6-4-12)23(11-14)17(25)15-7-8-20-18(21-15)27-2;1-17-11-7-14-15(8-11)12(16)6-9-2-4-10(13)5-3-9/h3-8,14H,9-11H2,1-2H3;2-5,11,14H,6-8H2,1H3. The molecule has 3 amide bonds. The highest BCUT2D eigenvalue weighted by Crippen LogP contribution is 2.19. The van der Waals surface area contributed by atoms with Gasteiger partial charge < -0.3 is 9.47 Å². The molecule has 0 radical (unpaired) electrons. The number of hydrogen-bond acceptors (Lipinski definition) is 9. The zero-order valence-electron chi connectivity index (χ0n) is 24.6. The highest BCUT2D eigenvalue weighted by atomic mass is 32.2. The summed E-state index contributed by atoms with van der Waals surface area (Å²) in [6.07, 6.45) is 3.42. The molecule has 44 heavy (non-hydrogen) atoms. The number of thioether (sulfide) groups is 1. The van der Waals surface area contributed by atoms with E-state index in [4.69, 9.17) is 9.47 Å². The Morgan fingerprint density at radius 1 is 0.841 bits per heavy atom. The van der Waals surface area contributed by atoms with Crippen LogP contribution < -0.4 is 5.43 Å². The van der Waals surface area contributed by atoms with E-state index < -0.39 is 0 Å². The summed E-state index contributed by atoms with van der Waals surface area (Å²) >= 11 is 1.33. The number of hydrazine groups is 2. The van der Waals surface area contributed by atoms with E-state index in [2.05, 4.69) is 15.4 Å². The second kappa shape index (κ2) is 15.7. The zero-order valence-corrected chi connectivity index (χ0v) is 25.4. The molecule has 2 aliphatic heterocycles. The third-order valence-corrected chi connectivity index (χ3v) is 7.56. The Balaban J connectivity index is 0.000000223. The van der Waals surface area contributed by atoms with Crippen LogP contribution in [0.4, 0.5) is 8.78 Å². The molecule has 3 aromatic rings. The fourth-order valence-electron chi connectivity index (χ4n) is 4.54. The number of aromatic nitrogens is 2. The maximum absolute atomic E-state index is 13.1. The van der Waals surface area contributed by atoms with Crippen LogP contribution in [0, 0.1) is 11.6 Å². The van der Waals surface area contributed by atoms with Gasteiger partial charge in [-0.25, -0.2) is 34.2 Å². The number of methoxy groups -OCH3 is 2. The summed E-state index contributed by atoms with van der Waals surface area (Å²) in [6, 6.07) is 13.2. The molecular formula is C30H34F2N6O5S. The first-order chi connectivity index (χ1) is 21.2. The van der Waals surface area contributed by atoms with E-state index in [1.165, 1.54) is 65.4 Å². The summed E-state index contributed by atoms with van der Waals surface area (Å²) in [5.74, 6) is -1.35. The number of rotatable bonds is 8. The molecule has 11 nitrogen and oxygen atoms in total. The van der Waals surface area contributed by atoms with Gasteiger partial charge in [-0.2, -0.15) is 0 Å². The quantitative estimate of drug-likeness (QED) is 0.297. The SMILES string of the molecule is COC1CN(C(=O)Cc2ccc(F)cc2)N(C(=O)c2ccnc(SC)n2)C1.COC1CNN(C(=O)Cc2ccc(F)cc2)C1. The number of halogens is 2. The summed E-state index contributed by atoms with van der Waals surface area (Å²) in [4.78, 5) is 45.8. The van der Waals surface area contributed by atoms with Crippen LogP contribution in [0.2, 0.25) is 0 Å². The molecule has 0 aliphatic carbocycles. The number of ether oxygens (including phenoxy) is 2.